The van der Waals surface area contributed by atoms with Gasteiger partial charge in [-0.15, -0.1) is 0 Å². The van der Waals surface area contributed by atoms with Crippen LogP contribution in [0.5, 0.6) is 0 Å². The molecule has 3 rings (SSSR count). The van der Waals surface area contributed by atoms with E-state index in [4.69, 9.17) is 10.2 Å². The average Bonchev–Trinajstić information content (AvgIpc) is 2.62. The molecular formula is C20H13FO4. The fourth-order valence-electron chi connectivity index (χ4n) is 2.53. The predicted octanol–water partition coefficient (Wildman–Crippen LogP) is 4.56. The van der Waals surface area contributed by atoms with Crippen molar-refractivity contribution in [1.82, 2.24) is 0 Å². The van der Waals surface area contributed by atoms with Crippen molar-refractivity contribution in [3.8, 4) is 22.3 Å². The van der Waals surface area contributed by atoms with E-state index in [0.29, 0.717) is 22.3 Å². The Bertz CT molecular complexity index is 944. The quantitative estimate of drug-likeness (QED) is 0.732. The van der Waals surface area contributed by atoms with E-state index in [2.05, 4.69) is 0 Å². The second-order valence-corrected chi connectivity index (χ2v) is 5.46. The zero-order chi connectivity index (χ0) is 18.0. The van der Waals surface area contributed by atoms with Gasteiger partial charge in [0.25, 0.3) is 0 Å². The van der Waals surface area contributed by atoms with Crippen LogP contribution in [-0.2, 0) is 0 Å². The van der Waals surface area contributed by atoms with E-state index in [1.165, 1.54) is 30.3 Å². The van der Waals surface area contributed by atoms with E-state index < -0.39 is 17.8 Å². The minimum Gasteiger partial charge on any atom is -0.478 e. The predicted molar refractivity (Wildman–Crippen MR) is 91.2 cm³/mol. The van der Waals surface area contributed by atoms with Gasteiger partial charge in [0.2, 0.25) is 0 Å². The third-order valence-electron chi connectivity index (χ3n) is 3.88. The lowest BCUT2D eigenvalue weighted by atomic mass is 9.98. The van der Waals surface area contributed by atoms with E-state index in [1.54, 1.807) is 36.4 Å². The van der Waals surface area contributed by atoms with Crippen molar-refractivity contribution < 1.29 is 24.2 Å². The SMILES string of the molecule is O=C(O)c1ccc(-c2ccc(-c3ccc(C(=O)O)cc3)c(F)c2)cc1. The van der Waals surface area contributed by atoms with Crippen LogP contribution in [0, 0.1) is 5.82 Å². The average molecular weight is 336 g/mol. The second kappa shape index (κ2) is 6.57. The Balaban J connectivity index is 1.92. The molecule has 5 heteroatoms. The standard InChI is InChI=1S/C20H13FO4/c21-18-11-16(12-1-5-14(6-2-12)19(22)23)9-10-17(18)13-3-7-15(8-4-13)20(24)25/h1-11H,(H,22,23)(H,24,25). The van der Waals surface area contributed by atoms with Crippen molar-refractivity contribution in [2.75, 3.05) is 0 Å². The van der Waals surface area contributed by atoms with Gasteiger partial charge in [-0.2, -0.15) is 0 Å². The smallest absolute Gasteiger partial charge is 0.335 e. The van der Waals surface area contributed by atoms with Gasteiger partial charge >= 0.3 is 11.9 Å². The fraction of sp³-hybridized carbons (Fsp3) is 0. The zero-order valence-corrected chi connectivity index (χ0v) is 12.9. The molecule has 0 amide bonds. The molecule has 3 aromatic rings. The van der Waals surface area contributed by atoms with Crippen LogP contribution in [0.15, 0.2) is 66.7 Å². The molecule has 0 heterocycles. The molecule has 2 N–H and O–H groups in total. The molecule has 0 aliphatic rings. The maximum absolute atomic E-state index is 14.5. The maximum Gasteiger partial charge on any atom is 0.335 e. The summed E-state index contributed by atoms with van der Waals surface area (Å²) in [5, 5.41) is 17.8. The molecule has 124 valence electrons. The number of carboxylic acids is 2. The summed E-state index contributed by atoms with van der Waals surface area (Å²) in [4.78, 5) is 21.7. The van der Waals surface area contributed by atoms with Gasteiger partial charge in [-0.1, -0.05) is 36.4 Å². The number of hydrogen-bond donors (Lipinski definition) is 2. The number of aromatic carboxylic acids is 2. The summed E-state index contributed by atoms with van der Waals surface area (Å²) in [5.74, 6) is -2.49. The lowest BCUT2D eigenvalue weighted by Gasteiger charge is -2.08. The summed E-state index contributed by atoms with van der Waals surface area (Å²) in [7, 11) is 0. The first kappa shape index (κ1) is 16.4. The molecule has 0 bridgehead atoms. The van der Waals surface area contributed by atoms with Gasteiger partial charge in [0.1, 0.15) is 5.82 Å². The molecule has 0 saturated heterocycles. The van der Waals surface area contributed by atoms with Crippen molar-refractivity contribution >= 4 is 11.9 Å². The highest BCUT2D eigenvalue weighted by Gasteiger charge is 2.10. The number of benzene rings is 3. The molecule has 0 aliphatic carbocycles. The number of carbonyl (C=O) groups is 2. The van der Waals surface area contributed by atoms with Gasteiger partial charge in [-0.3, -0.25) is 0 Å². The molecule has 0 radical (unpaired) electrons. The minimum atomic E-state index is -1.04. The van der Waals surface area contributed by atoms with Gasteiger partial charge in [-0.25, -0.2) is 14.0 Å². The minimum absolute atomic E-state index is 0.138. The van der Waals surface area contributed by atoms with Gasteiger partial charge in [-0.05, 0) is 47.0 Å². The first-order chi connectivity index (χ1) is 12.0. The summed E-state index contributed by atoms with van der Waals surface area (Å²) in [5.41, 5.74) is 2.58. The van der Waals surface area contributed by atoms with Crippen LogP contribution in [-0.4, -0.2) is 22.2 Å². The van der Waals surface area contributed by atoms with Crippen LogP contribution < -0.4 is 0 Å². The third-order valence-corrected chi connectivity index (χ3v) is 3.88. The van der Waals surface area contributed by atoms with Crippen molar-refractivity contribution in [3.05, 3.63) is 83.7 Å². The Labute approximate surface area is 142 Å². The van der Waals surface area contributed by atoms with Crippen molar-refractivity contribution in [2.45, 2.75) is 0 Å². The Morgan fingerprint density at radius 2 is 1.08 bits per heavy atom. The monoisotopic (exact) mass is 336 g/mol. The van der Waals surface area contributed by atoms with Gasteiger partial charge in [0, 0.05) is 5.56 Å². The number of halogens is 1. The topological polar surface area (TPSA) is 74.6 Å². The van der Waals surface area contributed by atoms with E-state index >= 15 is 0 Å². The molecule has 0 atom stereocenters. The van der Waals surface area contributed by atoms with Gasteiger partial charge in [0.15, 0.2) is 0 Å². The van der Waals surface area contributed by atoms with Crippen LogP contribution in [0.1, 0.15) is 20.7 Å². The van der Waals surface area contributed by atoms with E-state index in [-0.39, 0.29) is 11.1 Å². The van der Waals surface area contributed by atoms with Crippen LogP contribution >= 0.6 is 0 Å². The molecule has 0 spiro atoms. The fourth-order valence-corrected chi connectivity index (χ4v) is 2.53. The van der Waals surface area contributed by atoms with Crippen molar-refractivity contribution in [2.24, 2.45) is 0 Å². The van der Waals surface area contributed by atoms with Gasteiger partial charge < -0.3 is 10.2 Å². The normalized spacial score (nSPS) is 10.4. The van der Waals surface area contributed by atoms with E-state index in [9.17, 15) is 14.0 Å². The van der Waals surface area contributed by atoms with Crippen LogP contribution in [0.4, 0.5) is 4.39 Å². The molecule has 0 saturated carbocycles. The van der Waals surface area contributed by atoms with E-state index in [0.717, 1.165) is 0 Å². The number of hydrogen-bond acceptors (Lipinski definition) is 2. The van der Waals surface area contributed by atoms with Crippen LogP contribution in [0.25, 0.3) is 22.3 Å². The summed E-state index contributed by atoms with van der Waals surface area (Å²) in [6.07, 6.45) is 0. The molecule has 4 nitrogen and oxygen atoms in total. The Kier molecular flexibility index (Phi) is 4.31. The largest absolute Gasteiger partial charge is 0.478 e. The Morgan fingerprint density at radius 3 is 1.52 bits per heavy atom. The molecule has 25 heavy (non-hydrogen) atoms. The molecule has 3 aromatic carbocycles. The second-order valence-electron chi connectivity index (χ2n) is 5.46. The first-order valence-electron chi connectivity index (χ1n) is 7.43. The summed E-state index contributed by atoms with van der Waals surface area (Å²) < 4.78 is 14.5. The summed E-state index contributed by atoms with van der Waals surface area (Å²) in [6.45, 7) is 0. The Morgan fingerprint density at radius 1 is 0.640 bits per heavy atom. The lowest BCUT2D eigenvalue weighted by molar-refractivity contribution is 0.0686. The molecule has 0 aromatic heterocycles. The molecule has 0 fully saturated rings. The number of carboxylic acid groups (broad SMARTS) is 2. The van der Waals surface area contributed by atoms with Crippen molar-refractivity contribution in [1.29, 1.82) is 0 Å². The van der Waals surface area contributed by atoms with Crippen LogP contribution in [0.3, 0.4) is 0 Å². The van der Waals surface area contributed by atoms with Crippen LogP contribution in [0.2, 0.25) is 0 Å². The highest BCUT2D eigenvalue weighted by atomic mass is 19.1. The zero-order valence-electron chi connectivity index (χ0n) is 12.9. The Hall–Kier alpha value is -3.47. The summed E-state index contributed by atoms with van der Waals surface area (Å²) in [6, 6.07) is 16.9. The van der Waals surface area contributed by atoms with Gasteiger partial charge in [0.05, 0.1) is 11.1 Å². The van der Waals surface area contributed by atoms with Crippen molar-refractivity contribution in [3.63, 3.8) is 0 Å². The third kappa shape index (κ3) is 3.40. The molecule has 0 aliphatic heterocycles. The molecular weight excluding hydrogens is 323 g/mol. The lowest BCUT2D eigenvalue weighted by Crippen LogP contribution is -1.96. The molecule has 0 unspecified atom stereocenters. The maximum atomic E-state index is 14.5. The summed E-state index contributed by atoms with van der Waals surface area (Å²) >= 11 is 0. The van der Waals surface area contributed by atoms with E-state index in [1.807, 2.05) is 0 Å². The highest BCUT2D eigenvalue weighted by Crippen LogP contribution is 2.28. The first-order valence-corrected chi connectivity index (χ1v) is 7.43. The number of rotatable bonds is 4. The highest BCUT2D eigenvalue weighted by molar-refractivity contribution is 5.89.